The number of benzene rings is 1. The Labute approximate surface area is 189 Å². The number of nitrogens with one attached hydrogen (secondary N) is 1. The topological polar surface area (TPSA) is 81.1 Å². The molecule has 1 amide bonds. The molecule has 2 aromatic heterocycles. The molecule has 6 nitrogen and oxygen atoms in total. The first-order chi connectivity index (χ1) is 14.8. The Kier molecular flexibility index (Phi) is 6.29. The normalized spacial score (nSPS) is 14.3. The number of rotatable bonds is 6. The average molecular weight is 456 g/mol. The number of thioether (sulfide) groups is 1. The number of aromatic nitrogens is 2. The Morgan fingerprint density at radius 1 is 1.19 bits per heavy atom. The molecule has 0 spiro atoms. The Balaban J connectivity index is 1.61. The van der Waals surface area contributed by atoms with E-state index < -0.39 is 0 Å². The molecule has 0 aliphatic heterocycles. The Morgan fingerprint density at radius 2 is 1.87 bits per heavy atom. The molecule has 3 aromatic rings. The van der Waals surface area contributed by atoms with E-state index in [4.69, 9.17) is 4.98 Å². The molecule has 1 fully saturated rings. The summed E-state index contributed by atoms with van der Waals surface area (Å²) in [6.45, 7) is 5.44. The number of ketones is 1. The second-order valence-electron chi connectivity index (χ2n) is 7.94. The van der Waals surface area contributed by atoms with Gasteiger partial charge in [0.15, 0.2) is 10.9 Å². The molecule has 162 valence electrons. The fraction of sp³-hybridized carbons (Fsp3) is 0.391. The molecular formula is C23H25N3O3S2. The monoisotopic (exact) mass is 455 g/mol. The summed E-state index contributed by atoms with van der Waals surface area (Å²) in [4.78, 5) is 44.0. The van der Waals surface area contributed by atoms with Crippen molar-refractivity contribution in [3.8, 4) is 0 Å². The number of hydrogen-bond donors (Lipinski definition) is 1. The lowest BCUT2D eigenvalue weighted by molar-refractivity contribution is -0.114. The van der Waals surface area contributed by atoms with Gasteiger partial charge in [-0.2, -0.15) is 0 Å². The Bertz CT molecular complexity index is 1210. The molecule has 1 saturated carbocycles. The molecule has 1 aliphatic rings. The van der Waals surface area contributed by atoms with Crippen molar-refractivity contribution in [2.45, 2.75) is 57.7 Å². The fourth-order valence-electron chi connectivity index (χ4n) is 4.03. The predicted octanol–water partition coefficient (Wildman–Crippen LogP) is 5.12. The lowest BCUT2D eigenvalue weighted by Crippen LogP contribution is -2.26. The number of Topliss-reactive ketones (excluding diaryl/α,β-unsaturated/α-hetero) is 1. The maximum absolute atomic E-state index is 13.4. The van der Waals surface area contributed by atoms with Crippen LogP contribution in [-0.2, 0) is 4.79 Å². The van der Waals surface area contributed by atoms with Crippen LogP contribution in [-0.4, -0.2) is 27.0 Å². The van der Waals surface area contributed by atoms with Crippen molar-refractivity contribution in [2.24, 2.45) is 0 Å². The third-order valence-corrected chi connectivity index (χ3v) is 7.81. The minimum absolute atomic E-state index is 0.0216. The van der Waals surface area contributed by atoms with Gasteiger partial charge in [-0.1, -0.05) is 24.6 Å². The third kappa shape index (κ3) is 4.45. The van der Waals surface area contributed by atoms with Crippen molar-refractivity contribution in [2.75, 3.05) is 11.1 Å². The number of aryl methyl sites for hydroxylation is 2. The van der Waals surface area contributed by atoms with E-state index in [1.807, 2.05) is 18.4 Å². The van der Waals surface area contributed by atoms with Crippen molar-refractivity contribution in [3.05, 3.63) is 50.6 Å². The molecule has 0 atom stereocenters. The summed E-state index contributed by atoms with van der Waals surface area (Å²) in [6.07, 6.45) is 4.17. The molecule has 0 unspecified atom stereocenters. The van der Waals surface area contributed by atoms with Crippen LogP contribution in [0, 0.1) is 13.8 Å². The smallest absolute Gasteiger partial charge is 0.263 e. The van der Waals surface area contributed by atoms with E-state index in [2.05, 4.69) is 5.32 Å². The van der Waals surface area contributed by atoms with E-state index >= 15 is 0 Å². The summed E-state index contributed by atoms with van der Waals surface area (Å²) in [5, 5.41) is 4.05. The van der Waals surface area contributed by atoms with Crippen LogP contribution in [0.1, 0.15) is 59.4 Å². The lowest BCUT2D eigenvalue weighted by atomic mass is 10.1. The van der Waals surface area contributed by atoms with Gasteiger partial charge in [0.1, 0.15) is 4.83 Å². The second-order valence-corrected chi connectivity index (χ2v) is 10.1. The van der Waals surface area contributed by atoms with E-state index in [0.29, 0.717) is 16.4 Å². The zero-order chi connectivity index (χ0) is 22.1. The summed E-state index contributed by atoms with van der Waals surface area (Å²) in [6, 6.07) is 7.00. The van der Waals surface area contributed by atoms with Gasteiger partial charge in [-0.15, -0.1) is 11.3 Å². The zero-order valence-corrected chi connectivity index (χ0v) is 19.5. The minimum atomic E-state index is -0.153. The highest BCUT2D eigenvalue weighted by Gasteiger charge is 2.25. The van der Waals surface area contributed by atoms with Gasteiger partial charge in [0.25, 0.3) is 5.56 Å². The maximum Gasteiger partial charge on any atom is 0.263 e. The van der Waals surface area contributed by atoms with Gasteiger partial charge in [0, 0.05) is 29.1 Å². The van der Waals surface area contributed by atoms with Crippen LogP contribution in [0.25, 0.3) is 10.2 Å². The van der Waals surface area contributed by atoms with Crippen molar-refractivity contribution in [3.63, 3.8) is 0 Å². The van der Waals surface area contributed by atoms with Gasteiger partial charge in [-0.25, -0.2) is 4.98 Å². The largest absolute Gasteiger partial charge is 0.326 e. The molecule has 1 aromatic carbocycles. The number of hydrogen-bond acceptors (Lipinski definition) is 6. The number of fused-ring (bicyclic) bond motifs is 1. The Morgan fingerprint density at radius 3 is 2.52 bits per heavy atom. The molecule has 1 N–H and O–H groups in total. The van der Waals surface area contributed by atoms with E-state index in [9.17, 15) is 14.4 Å². The summed E-state index contributed by atoms with van der Waals surface area (Å²) in [5.74, 6) is 0.0123. The standard InChI is InChI=1S/C23H25N3O3S2/c1-13-14(2)31-21-20(13)22(29)26(18-6-4-5-7-18)23(25-21)30-12-19(28)16-8-10-17(11-9-16)24-15(3)27/h8-11,18H,4-7,12H2,1-3H3,(H,24,27). The van der Waals surface area contributed by atoms with Crippen molar-refractivity contribution in [1.29, 1.82) is 0 Å². The van der Waals surface area contributed by atoms with E-state index in [-0.39, 0.29) is 29.0 Å². The first-order valence-electron chi connectivity index (χ1n) is 10.4. The van der Waals surface area contributed by atoms with E-state index in [1.165, 1.54) is 30.0 Å². The molecule has 0 saturated heterocycles. The summed E-state index contributed by atoms with van der Waals surface area (Å²) >= 11 is 2.87. The summed E-state index contributed by atoms with van der Waals surface area (Å²) in [5.41, 5.74) is 2.26. The number of amides is 1. The Hall–Kier alpha value is -2.45. The molecule has 1 aliphatic carbocycles. The van der Waals surface area contributed by atoms with Gasteiger partial charge in [0.2, 0.25) is 5.91 Å². The SMILES string of the molecule is CC(=O)Nc1ccc(C(=O)CSc2nc3sc(C)c(C)c3c(=O)n2C2CCCC2)cc1. The van der Waals surface area contributed by atoms with Crippen LogP contribution in [0.3, 0.4) is 0 Å². The molecule has 31 heavy (non-hydrogen) atoms. The number of nitrogens with zero attached hydrogens (tertiary/aromatic N) is 2. The van der Waals surface area contributed by atoms with Crippen LogP contribution >= 0.6 is 23.1 Å². The first kappa shape index (κ1) is 21.8. The minimum Gasteiger partial charge on any atom is -0.326 e. The molecule has 0 bridgehead atoms. The summed E-state index contributed by atoms with van der Waals surface area (Å²) < 4.78 is 1.84. The molecule has 0 radical (unpaired) electrons. The fourth-order valence-corrected chi connectivity index (χ4v) is 6.06. The van der Waals surface area contributed by atoms with Crippen LogP contribution < -0.4 is 10.9 Å². The highest BCUT2D eigenvalue weighted by molar-refractivity contribution is 7.99. The van der Waals surface area contributed by atoms with Gasteiger partial charge < -0.3 is 5.32 Å². The van der Waals surface area contributed by atoms with E-state index in [0.717, 1.165) is 46.3 Å². The second kappa shape index (κ2) is 8.96. The van der Waals surface area contributed by atoms with Crippen molar-refractivity contribution in [1.82, 2.24) is 9.55 Å². The number of thiophene rings is 1. The van der Waals surface area contributed by atoms with Crippen LogP contribution in [0.15, 0.2) is 34.2 Å². The van der Waals surface area contributed by atoms with Crippen LogP contribution in [0.2, 0.25) is 0 Å². The highest BCUT2D eigenvalue weighted by atomic mass is 32.2. The maximum atomic E-state index is 13.4. The number of anilines is 1. The highest BCUT2D eigenvalue weighted by Crippen LogP contribution is 2.34. The average Bonchev–Trinajstić information content (AvgIpc) is 3.35. The number of carbonyl (C=O) groups excluding carboxylic acids is 2. The van der Waals surface area contributed by atoms with E-state index in [1.54, 1.807) is 24.3 Å². The molecule has 2 heterocycles. The molecule has 4 rings (SSSR count). The van der Waals surface area contributed by atoms with Gasteiger partial charge in [0.05, 0.1) is 11.1 Å². The van der Waals surface area contributed by atoms with Gasteiger partial charge in [-0.3, -0.25) is 19.0 Å². The zero-order valence-electron chi connectivity index (χ0n) is 17.9. The summed E-state index contributed by atoms with van der Waals surface area (Å²) in [7, 11) is 0. The predicted molar refractivity (Wildman–Crippen MR) is 127 cm³/mol. The quantitative estimate of drug-likeness (QED) is 0.317. The van der Waals surface area contributed by atoms with Crippen LogP contribution in [0.5, 0.6) is 0 Å². The number of carbonyl (C=O) groups is 2. The van der Waals surface area contributed by atoms with Crippen molar-refractivity contribution < 1.29 is 9.59 Å². The van der Waals surface area contributed by atoms with Crippen molar-refractivity contribution >= 4 is 50.7 Å². The molecular weight excluding hydrogens is 430 g/mol. The lowest BCUT2D eigenvalue weighted by Gasteiger charge is -2.18. The van der Waals surface area contributed by atoms with Gasteiger partial charge >= 0.3 is 0 Å². The van der Waals surface area contributed by atoms with Crippen LogP contribution in [0.4, 0.5) is 5.69 Å². The molecule has 8 heteroatoms. The van der Waals surface area contributed by atoms with Gasteiger partial charge in [-0.05, 0) is 56.5 Å². The first-order valence-corrected chi connectivity index (χ1v) is 12.2. The third-order valence-electron chi connectivity index (χ3n) is 5.75.